The molecule has 284 valence electrons. The number of rotatable bonds is 38. The van der Waals surface area contributed by atoms with E-state index in [1.54, 1.807) is 0 Å². The fourth-order valence-corrected chi connectivity index (χ4v) is 6.15. The molecule has 0 unspecified atom stereocenters. The van der Waals surface area contributed by atoms with Crippen LogP contribution in [-0.4, -0.2) is 37.2 Å². The minimum absolute atomic E-state index is 0.0647. The van der Waals surface area contributed by atoms with Gasteiger partial charge in [0.05, 0.1) is 0 Å². The van der Waals surface area contributed by atoms with Crippen molar-refractivity contribution in [3.63, 3.8) is 0 Å². The van der Waals surface area contributed by atoms with E-state index in [4.69, 9.17) is 14.2 Å². The molecule has 6 heteroatoms. The molecule has 0 aliphatic heterocycles. The first-order chi connectivity index (χ1) is 23.5. The van der Waals surface area contributed by atoms with Crippen molar-refractivity contribution in [2.45, 2.75) is 239 Å². The third kappa shape index (κ3) is 35.7. The molecule has 0 radical (unpaired) electrons. The number of carbonyl (C=O) groups is 3. The molecular weight excluding hydrogens is 600 g/mol. The average Bonchev–Trinajstić information content (AvgIpc) is 3.08. The Morgan fingerprint density at radius 1 is 0.333 bits per heavy atom. The van der Waals surface area contributed by atoms with Crippen LogP contribution in [0.5, 0.6) is 0 Å². The Balaban J connectivity index is 4.17. The largest absolute Gasteiger partial charge is 0.462 e. The summed E-state index contributed by atoms with van der Waals surface area (Å²) in [6, 6.07) is 0. The van der Waals surface area contributed by atoms with E-state index in [9.17, 15) is 14.4 Å². The topological polar surface area (TPSA) is 78.9 Å². The Morgan fingerprint density at radius 2 is 0.562 bits per heavy atom. The van der Waals surface area contributed by atoms with Gasteiger partial charge in [-0.05, 0) is 19.3 Å². The van der Waals surface area contributed by atoms with Gasteiger partial charge in [0.15, 0.2) is 6.10 Å². The highest BCUT2D eigenvalue weighted by Gasteiger charge is 2.19. The molecule has 0 saturated carbocycles. The van der Waals surface area contributed by atoms with Gasteiger partial charge in [0.1, 0.15) is 13.2 Å². The first kappa shape index (κ1) is 46.4. The summed E-state index contributed by atoms with van der Waals surface area (Å²) in [6.45, 7) is 6.55. The van der Waals surface area contributed by atoms with Crippen LogP contribution in [0.2, 0.25) is 0 Å². The van der Waals surface area contributed by atoms with Crippen LogP contribution in [0.15, 0.2) is 0 Å². The molecule has 0 N–H and O–H groups in total. The van der Waals surface area contributed by atoms with Crippen molar-refractivity contribution in [1.29, 1.82) is 0 Å². The number of esters is 3. The molecule has 0 aliphatic carbocycles. The lowest BCUT2D eigenvalue weighted by atomic mass is 10.0. The zero-order chi connectivity index (χ0) is 35.2. The molecule has 0 heterocycles. The highest BCUT2D eigenvalue weighted by molar-refractivity contribution is 5.71. The normalized spacial score (nSPS) is 11.8. The molecular formula is C42H80O6. The van der Waals surface area contributed by atoms with Crippen molar-refractivity contribution in [1.82, 2.24) is 0 Å². The standard InChI is InChI=1S/C42H80O6/c1-4-7-10-13-15-17-19-21-23-25-27-30-32-35-41(44)47-38-39(48-42(45)36-33-28-12-9-6-3)37-46-40(43)34-31-29-26-24-22-20-18-16-14-11-8-5-2/h39H,4-38H2,1-3H3/t39-/m0/s1. The van der Waals surface area contributed by atoms with Crippen LogP contribution in [0, 0.1) is 0 Å². The lowest BCUT2D eigenvalue weighted by molar-refractivity contribution is -0.167. The third-order valence-corrected chi connectivity index (χ3v) is 9.36. The second-order valence-corrected chi connectivity index (χ2v) is 14.3. The summed E-state index contributed by atoms with van der Waals surface area (Å²) in [5.74, 6) is -0.872. The Labute approximate surface area is 298 Å². The van der Waals surface area contributed by atoms with E-state index in [1.165, 1.54) is 128 Å². The zero-order valence-corrected chi connectivity index (χ0v) is 32.3. The van der Waals surface area contributed by atoms with E-state index in [1.807, 2.05) is 0 Å². The summed E-state index contributed by atoms with van der Waals surface area (Å²) in [4.78, 5) is 37.3. The van der Waals surface area contributed by atoms with Gasteiger partial charge in [-0.2, -0.15) is 0 Å². The predicted octanol–water partition coefficient (Wildman–Crippen LogP) is 12.9. The minimum atomic E-state index is -0.755. The summed E-state index contributed by atoms with van der Waals surface area (Å²) < 4.78 is 16.5. The molecule has 0 aromatic carbocycles. The fourth-order valence-electron chi connectivity index (χ4n) is 6.15. The second kappa shape index (κ2) is 38.2. The predicted molar refractivity (Wildman–Crippen MR) is 201 cm³/mol. The molecule has 0 aliphatic rings. The van der Waals surface area contributed by atoms with E-state index < -0.39 is 6.10 Å². The lowest BCUT2D eigenvalue weighted by Crippen LogP contribution is -2.30. The van der Waals surface area contributed by atoms with Crippen molar-refractivity contribution in [3.8, 4) is 0 Å². The van der Waals surface area contributed by atoms with Crippen LogP contribution >= 0.6 is 0 Å². The lowest BCUT2D eigenvalue weighted by Gasteiger charge is -2.18. The average molecular weight is 681 g/mol. The van der Waals surface area contributed by atoms with Gasteiger partial charge in [-0.25, -0.2) is 0 Å². The maximum atomic E-state index is 12.5. The Morgan fingerprint density at radius 3 is 0.833 bits per heavy atom. The minimum Gasteiger partial charge on any atom is -0.462 e. The molecule has 0 bridgehead atoms. The number of ether oxygens (including phenoxy) is 3. The highest BCUT2D eigenvalue weighted by atomic mass is 16.6. The van der Waals surface area contributed by atoms with E-state index in [2.05, 4.69) is 20.8 Å². The smallest absolute Gasteiger partial charge is 0.306 e. The van der Waals surface area contributed by atoms with Crippen molar-refractivity contribution < 1.29 is 28.6 Å². The molecule has 0 rings (SSSR count). The van der Waals surface area contributed by atoms with Gasteiger partial charge in [-0.15, -0.1) is 0 Å². The van der Waals surface area contributed by atoms with Crippen LogP contribution in [0.1, 0.15) is 233 Å². The number of hydrogen-bond donors (Lipinski definition) is 0. The highest BCUT2D eigenvalue weighted by Crippen LogP contribution is 2.15. The third-order valence-electron chi connectivity index (χ3n) is 9.36. The molecule has 0 aromatic rings. The van der Waals surface area contributed by atoms with Crippen LogP contribution in [0.4, 0.5) is 0 Å². The maximum Gasteiger partial charge on any atom is 0.306 e. The van der Waals surface area contributed by atoms with Crippen LogP contribution in [-0.2, 0) is 28.6 Å². The monoisotopic (exact) mass is 681 g/mol. The van der Waals surface area contributed by atoms with Crippen molar-refractivity contribution in [2.24, 2.45) is 0 Å². The first-order valence-electron chi connectivity index (χ1n) is 21.0. The van der Waals surface area contributed by atoms with Gasteiger partial charge in [-0.3, -0.25) is 14.4 Å². The molecule has 0 amide bonds. The van der Waals surface area contributed by atoms with Crippen molar-refractivity contribution >= 4 is 17.9 Å². The van der Waals surface area contributed by atoms with E-state index >= 15 is 0 Å². The number of unbranched alkanes of at least 4 members (excludes halogenated alkanes) is 27. The van der Waals surface area contributed by atoms with Crippen LogP contribution < -0.4 is 0 Å². The number of hydrogen-bond acceptors (Lipinski definition) is 6. The van der Waals surface area contributed by atoms with Crippen LogP contribution in [0.25, 0.3) is 0 Å². The molecule has 0 saturated heterocycles. The van der Waals surface area contributed by atoms with Gasteiger partial charge in [-0.1, -0.05) is 194 Å². The molecule has 0 aromatic heterocycles. The molecule has 0 fully saturated rings. The van der Waals surface area contributed by atoms with Crippen molar-refractivity contribution in [2.75, 3.05) is 13.2 Å². The fraction of sp³-hybridized carbons (Fsp3) is 0.929. The van der Waals surface area contributed by atoms with Crippen LogP contribution in [0.3, 0.4) is 0 Å². The molecule has 6 nitrogen and oxygen atoms in total. The first-order valence-corrected chi connectivity index (χ1v) is 21.0. The summed E-state index contributed by atoms with van der Waals surface area (Å²) in [7, 11) is 0. The second-order valence-electron chi connectivity index (χ2n) is 14.3. The maximum absolute atomic E-state index is 12.5. The summed E-state index contributed by atoms with van der Waals surface area (Å²) in [5.41, 5.74) is 0. The summed E-state index contributed by atoms with van der Waals surface area (Å²) >= 11 is 0. The van der Waals surface area contributed by atoms with Gasteiger partial charge in [0.25, 0.3) is 0 Å². The van der Waals surface area contributed by atoms with Gasteiger partial charge < -0.3 is 14.2 Å². The van der Waals surface area contributed by atoms with Crippen molar-refractivity contribution in [3.05, 3.63) is 0 Å². The Bertz CT molecular complexity index is 708. The Hall–Kier alpha value is -1.59. The quantitative estimate of drug-likeness (QED) is 0.0367. The number of carbonyl (C=O) groups excluding carboxylic acids is 3. The van der Waals surface area contributed by atoms with E-state index in [0.717, 1.165) is 64.2 Å². The van der Waals surface area contributed by atoms with Gasteiger partial charge >= 0.3 is 17.9 Å². The van der Waals surface area contributed by atoms with E-state index in [-0.39, 0.29) is 31.1 Å². The Kier molecular flexibility index (Phi) is 36.9. The zero-order valence-electron chi connectivity index (χ0n) is 32.3. The molecule has 48 heavy (non-hydrogen) atoms. The molecule has 1 atom stereocenters. The summed E-state index contributed by atoms with van der Waals surface area (Å²) in [5, 5.41) is 0. The molecule has 0 spiro atoms. The van der Waals surface area contributed by atoms with Gasteiger partial charge in [0, 0.05) is 19.3 Å². The summed E-state index contributed by atoms with van der Waals surface area (Å²) in [6.07, 6.45) is 36.8. The van der Waals surface area contributed by atoms with E-state index in [0.29, 0.717) is 19.3 Å². The SMILES string of the molecule is CCCCCCCCCCCCCCCC(=O)OC[C@H](COC(=O)CCCCCCCCCCCCCC)OC(=O)CCCCCCC. The van der Waals surface area contributed by atoms with Gasteiger partial charge in [0.2, 0.25) is 0 Å².